The van der Waals surface area contributed by atoms with Gasteiger partial charge in [-0.2, -0.15) is 0 Å². The Hall–Kier alpha value is -3.39. The van der Waals surface area contributed by atoms with E-state index in [4.69, 9.17) is 11.6 Å². The molecule has 34 heavy (non-hydrogen) atoms. The van der Waals surface area contributed by atoms with E-state index in [9.17, 15) is 18.0 Å². The maximum atomic E-state index is 14.3. The highest BCUT2D eigenvalue weighted by Gasteiger charge is 2.47. The van der Waals surface area contributed by atoms with E-state index in [1.807, 2.05) is 13.0 Å². The summed E-state index contributed by atoms with van der Waals surface area (Å²) in [6.07, 6.45) is 1.71. The van der Waals surface area contributed by atoms with Crippen LogP contribution in [0.25, 0.3) is 0 Å². The van der Waals surface area contributed by atoms with Crippen molar-refractivity contribution in [2.24, 2.45) is 4.99 Å². The minimum atomic E-state index is -3.07. The molecule has 1 N–H and O–H groups in total. The number of anilines is 1. The van der Waals surface area contributed by atoms with Crippen LogP contribution < -0.4 is 5.32 Å². The maximum Gasteiger partial charge on any atom is 0.322 e. The highest BCUT2D eigenvalue weighted by Crippen LogP contribution is 2.41. The average molecular weight is 485 g/mol. The first-order chi connectivity index (χ1) is 16.2. The van der Waals surface area contributed by atoms with Crippen molar-refractivity contribution in [3.63, 3.8) is 0 Å². The second-order valence-electron chi connectivity index (χ2n) is 8.61. The Bertz CT molecular complexity index is 1330. The average Bonchev–Trinajstić information content (AvgIpc) is 3.35. The molecule has 0 aliphatic carbocycles. The molecule has 174 valence electrons. The van der Waals surface area contributed by atoms with Gasteiger partial charge in [-0.25, -0.2) is 27.9 Å². The number of amides is 2. The topological polar surface area (TPSA) is 57.6 Å². The molecule has 2 amide bonds. The van der Waals surface area contributed by atoms with E-state index in [0.29, 0.717) is 39.8 Å². The van der Waals surface area contributed by atoms with Crippen molar-refractivity contribution >= 4 is 34.8 Å². The predicted molar refractivity (Wildman–Crippen MR) is 125 cm³/mol. The first-order valence-corrected chi connectivity index (χ1v) is 11.1. The fourth-order valence-electron chi connectivity index (χ4n) is 4.42. The molecule has 2 aliphatic heterocycles. The number of carbonyl (C=O) groups excluding carboxylic acids is 1. The molecule has 2 aromatic carbocycles. The van der Waals surface area contributed by atoms with Gasteiger partial charge in [0, 0.05) is 40.9 Å². The highest BCUT2D eigenvalue weighted by atomic mass is 35.5. The van der Waals surface area contributed by atoms with Crippen molar-refractivity contribution in [1.29, 1.82) is 0 Å². The van der Waals surface area contributed by atoms with Crippen LogP contribution in [0.4, 0.5) is 29.5 Å². The largest absolute Gasteiger partial charge is 0.322 e. The van der Waals surface area contributed by atoms with Gasteiger partial charge in [0.25, 0.3) is 5.92 Å². The normalized spacial score (nSPS) is 18.6. The zero-order valence-electron chi connectivity index (χ0n) is 18.2. The number of hydrogen-bond donors (Lipinski definition) is 1. The van der Waals surface area contributed by atoms with Crippen molar-refractivity contribution < 1.29 is 18.0 Å². The Kier molecular flexibility index (Phi) is 5.56. The number of aryl methyl sites for hydroxylation is 1. The molecule has 0 radical (unpaired) electrons. The first-order valence-electron chi connectivity index (χ1n) is 10.7. The van der Waals surface area contributed by atoms with Gasteiger partial charge in [0.1, 0.15) is 5.82 Å². The van der Waals surface area contributed by atoms with Crippen LogP contribution in [0.15, 0.2) is 59.7 Å². The lowest BCUT2D eigenvalue weighted by Crippen LogP contribution is -2.36. The zero-order chi connectivity index (χ0) is 24.0. The van der Waals surface area contributed by atoms with Gasteiger partial charge in [0.15, 0.2) is 5.82 Å². The molecule has 0 unspecified atom stereocenters. The minimum absolute atomic E-state index is 0.324. The molecule has 5 nitrogen and oxygen atoms in total. The summed E-state index contributed by atoms with van der Waals surface area (Å²) in [5.41, 5.74) is 4.06. The number of carbonyl (C=O) groups is 1. The molecular weight excluding hydrogens is 465 g/mol. The van der Waals surface area contributed by atoms with Crippen LogP contribution in [0.3, 0.4) is 0 Å². The van der Waals surface area contributed by atoms with Crippen molar-refractivity contribution in [1.82, 2.24) is 9.88 Å². The van der Waals surface area contributed by atoms with Gasteiger partial charge in [0.2, 0.25) is 0 Å². The van der Waals surface area contributed by atoms with Crippen LogP contribution in [-0.4, -0.2) is 34.1 Å². The number of fused-ring (bicyclic) bond motifs is 1. The van der Waals surface area contributed by atoms with Gasteiger partial charge < -0.3 is 10.2 Å². The third-order valence-electron chi connectivity index (χ3n) is 5.97. The Morgan fingerprint density at radius 3 is 2.82 bits per heavy atom. The number of alkyl halides is 2. The number of hydrogen-bond acceptors (Lipinski definition) is 3. The summed E-state index contributed by atoms with van der Waals surface area (Å²) in [5.74, 6) is -2.99. The molecule has 3 aromatic rings. The molecule has 0 bridgehead atoms. The van der Waals surface area contributed by atoms with E-state index in [-0.39, 0.29) is 0 Å². The molecule has 1 saturated heterocycles. The van der Waals surface area contributed by atoms with Crippen molar-refractivity contribution in [2.75, 3.05) is 11.9 Å². The predicted octanol–water partition coefficient (Wildman–Crippen LogP) is 6.47. The molecule has 1 fully saturated rings. The number of rotatable bonds is 3. The van der Waals surface area contributed by atoms with Gasteiger partial charge in [-0.3, -0.25) is 0 Å². The zero-order valence-corrected chi connectivity index (χ0v) is 18.9. The molecule has 9 heteroatoms. The van der Waals surface area contributed by atoms with Crippen molar-refractivity contribution in [3.8, 4) is 0 Å². The van der Waals surface area contributed by atoms with Crippen LogP contribution in [0.5, 0.6) is 0 Å². The lowest BCUT2D eigenvalue weighted by molar-refractivity contribution is 0.0151. The number of halogens is 4. The molecule has 5 rings (SSSR count). The number of pyridine rings is 1. The van der Waals surface area contributed by atoms with E-state index in [1.54, 1.807) is 30.5 Å². The number of likely N-dealkylation sites (tertiary alicyclic amines) is 1. The third-order valence-corrected chi connectivity index (χ3v) is 6.30. The number of nitrogens with zero attached hydrogens (tertiary/aromatic N) is 3. The summed E-state index contributed by atoms with van der Waals surface area (Å²) in [4.78, 5) is 23.0. The van der Waals surface area contributed by atoms with Crippen LogP contribution in [0.2, 0.25) is 5.02 Å². The van der Waals surface area contributed by atoms with Crippen LogP contribution in [-0.2, 0) is 6.42 Å². The smallest absolute Gasteiger partial charge is 0.311 e. The highest BCUT2D eigenvalue weighted by molar-refractivity contribution is 6.34. The van der Waals surface area contributed by atoms with Crippen LogP contribution in [0, 0.1) is 12.7 Å². The number of aliphatic imine (C=N–C) groups is 1. The van der Waals surface area contributed by atoms with Gasteiger partial charge in [-0.15, -0.1) is 0 Å². The minimum Gasteiger partial charge on any atom is -0.311 e. The lowest BCUT2D eigenvalue weighted by atomic mass is 10.0. The summed E-state index contributed by atoms with van der Waals surface area (Å²) in [7, 11) is 0. The maximum absolute atomic E-state index is 14.3. The standard InChI is InChI=1S/C25H20ClF3N4O/c1-14-7-16-9-21(32-23(16)30-12-14)19-10-18(5-6-20(19)26)31-24(34)33-13-25(28,29)11-22(33)15-3-2-4-17(27)8-15/h2-8,10,12,22H,9,11,13H2,1H3,(H,31,34)/t22-/m1/s1. The number of nitrogens with one attached hydrogen (secondary N) is 1. The summed E-state index contributed by atoms with van der Waals surface area (Å²) < 4.78 is 42.2. The lowest BCUT2D eigenvalue weighted by Gasteiger charge is -2.25. The monoisotopic (exact) mass is 484 g/mol. The fraction of sp³-hybridized carbons (Fsp3) is 0.240. The van der Waals surface area contributed by atoms with Gasteiger partial charge in [-0.05, 0) is 48.4 Å². The van der Waals surface area contributed by atoms with Gasteiger partial charge in [0.05, 0.1) is 18.3 Å². The molecule has 1 atom stereocenters. The van der Waals surface area contributed by atoms with E-state index in [2.05, 4.69) is 15.3 Å². The summed E-state index contributed by atoms with van der Waals surface area (Å²) in [6, 6.07) is 10.7. The molecule has 0 spiro atoms. The quantitative estimate of drug-likeness (QED) is 0.463. The van der Waals surface area contributed by atoms with E-state index in [1.165, 1.54) is 18.2 Å². The molecular formula is C25H20ClF3N4O. The summed E-state index contributed by atoms with van der Waals surface area (Å²) in [6.45, 7) is 1.20. The summed E-state index contributed by atoms with van der Waals surface area (Å²) in [5, 5.41) is 3.14. The Morgan fingerprint density at radius 2 is 2.03 bits per heavy atom. The van der Waals surface area contributed by atoms with Crippen molar-refractivity contribution in [3.05, 3.63) is 87.8 Å². The second-order valence-corrected chi connectivity index (χ2v) is 9.02. The second kappa shape index (κ2) is 8.43. The third kappa shape index (κ3) is 4.37. The molecule has 2 aliphatic rings. The Morgan fingerprint density at radius 1 is 1.21 bits per heavy atom. The molecule has 1 aromatic heterocycles. The van der Waals surface area contributed by atoms with E-state index >= 15 is 0 Å². The SMILES string of the molecule is Cc1cnc2c(c1)CC(c1cc(NC(=O)N3CC(F)(F)C[C@@H]3c3cccc(F)c3)ccc1Cl)=N2. The number of aromatic nitrogens is 1. The Labute approximate surface area is 199 Å². The first kappa shape index (κ1) is 22.4. The summed E-state index contributed by atoms with van der Waals surface area (Å²) >= 11 is 6.41. The number of benzene rings is 2. The van der Waals surface area contributed by atoms with Gasteiger partial charge in [-0.1, -0.05) is 29.8 Å². The van der Waals surface area contributed by atoms with Crippen LogP contribution in [0.1, 0.15) is 34.7 Å². The fourth-order valence-corrected chi connectivity index (χ4v) is 4.64. The van der Waals surface area contributed by atoms with E-state index in [0.717, 1.165) is 16.0 Å². The van der Waals surface area contributed by atoms with Gasteiger partial charge >= 0.3 is 6.03 Å². The van der Waals surface area contributed by atoms with Crippen LogP contribution >= 0.6 is 11.6 Å². The Balaban J connectivity index is 1.39. The molecule has 3 heterocycles. The van der Waals surface area contributed by atoms with Crippen molar-refractivity contribution in [2.45, 2.75) is 31.7 Å². The molecule has 0 saturated carbocycles. The number of urea groups is 1. The van der Waals surface area contributed by atoms with E-state index < -0.39 is 36.8 Å².